The van der Waals surface area contributed by atoms with Crippen molar-refractivity contribution in [1.82, 2.24) is 0 Å². The number of rotatable bonds is 5. The third-order valence-corrected chi connectivity index (χ3v) is 8.86. The molecule has 3 aromatic rings. The molecule has 31 heavy (non-hydrogen) atoms. The second kappa shape index (κ2) is 9.31. The maximum atomic E-state index is 13.9. The number of anilines is 1. The molecular weight excluding hydrogens is 538 g/mol. The fourth-order valence-corrected chi connectivity index (χ4v) is 6.61. The molecule has 1 aliphatic rings. The number of benzene rings is 3. The number of aryl methyl sites for hydroxylation is 1. The highest BCUT2D eigenvalue weighted by molar-refractivity contribution is 9.10. The van der Waals surface area contributed by atoms with Gasteiger partial charge in [-0.05, 0) is 54.0 Å². The Bertz CT molecular complexity index is 1210. The minimum atomic E-state index is -3.68. The summed E-state index contributed by atoms with van der Waals surface area (Å²) in [5.41, 5.74) is 4.08. The lowest BCUT2D eigenvalue weighted by atomic mass is 9.90. The van der Waals surface area contributed by atoms with Gasteiger partial charge >= 0.3 is 0 Å². The molecule has 0 saturated carbocycles. The van der Waals surface area contributed by atoms with Crippen LogP contribution in [0.3, 0.4) is 0 Å². The summed E-state index contributed by atoms with van der Waals surface area (Å²) in [4.78, 5) is 2.98. The molecule has 0 aliphatic carbocycles. The molecular formula is C25H23Br2NO2S. The number of nitrogens with zero attached hydrogens (tertiary/aromatic N) is 1. The second-order valence-corrected chi connectivity index (χ2v) is 11.2. The van der Waals surface area contributed by atoms with Crippen LogP contribution in [0.4, 0.5) is 5.69 Å². The topological polar surface area (TPSA) is 37.4 Å². The van der Waals surface area contributed by atoms with Gasteiger partial charge in [-0.1, -0.05) is 80.4 Å². The van der Waals surface area contributed by atoms with E-state index < -0.39 is 9.84 Å². The summed E-state index contributed by atoms with van der Waals surface area (Å²) in [5, 5.41) is 0.680. The van der Waals surface area contributed by atoms with Crippen LogP contribution < -0.4 is 4.90 Å². The zero-order chi connectivity index (χ0) is 22.0. The monoisotopic (exact) mass is 559 g/mol. The molecule has 0 bridgehead atoms. The van der Waals surface area contributed by atoms with Gasteiger partial charge in [0.1, 0.15) is 0 Å². The number of hydrogen-bond donors (Lipinski definition) is 0. The highest BCUT2D eigenvalue weighted by Crippen LogP contribution is 2.40. The lowest BCUT2D eigenvalue weighted by molar-refractivity contribution is 0.596. The molecule has 1 atom stereocenters. The standard InChI is InChI=1S/C25H23Br2NO2S/c1-18-7-5-6-10-23(18)28-16-20(15-26)25(19-8-3-2-4-9-19)24(17-28)31(29,30)22-13-11-21(27)12-14-22/h2-14,20H,15-17H2,1H3. The van der Waals surface area contributed by atoms with Crippen LogP contribution in [0, 0.1) is 12.8 Å². The van der Waals surface area contributed by atoms with Crippen molar-refractivity contribution in [3.8, 4) is 0 Å². The van der Waals surface area contributed by atoms with Gasteiger partial charge < -0.3 is 4.90 Å². The van der Waals surface area contributed by atoms with Gasteiger partial charge in [0.2, 0.25) is 9.84 Å². The van der Waals surface area contributed by atoms with Gasteiger partial charge in [-0.2, -0.15) is 0 Å². The van der Waals surface area contributed by atoms with Gasteiger partial charge in [0, 0.05) is 28.0 Å². The van der Waals surface area contributed by atoms with Crippen molar-refractivity contribution in [3.05, 3.63) is 99.4 Å². The minimum absolute atomic E-state index is 0.0379. The molecule has 0 spiro atoms. The predicted octanol–water partition coefficient (Wildman–Crippen LogP) is 6.47. The minimum Gasteiger partial charge on any atom is -0.366 e. The molecule has 1 unspecified atom stereocenters. The second-order valence-electron chi connectivity index (χ2n) is 7.68. The highest BCUT2D eigenvalue weighted by atomic mass is 79.9. The molecule has 0 N–H and O–H groups in total. The SMILES string of the molecule is Cc1ccccc1N1CC(S(=O)(=O)c2ccc(Br)cc2)=C(c2ccccc2)C(CBr)C1. The Morgan fingerprint density at radius 2 is 1.58 bits per heavy atom. The van der Waals surface area contributed by atoms with Crippen LogP contribution in [-0.4, -0.2) is 26.8 Å². The third kappa shape index (κ3) is 4.52. The smallest absolute Gasteiger partial charge is 0.204 e. The van der Waals surface area contributed by atoms with Crippen molar-refractivity contribution in [3.63, 3.8) is 0 Å². The number of hydrogen-bond acceptors (Lipinski definition) is 3. The first-order chi connectivity index (χ1) is 14.9. The van der Waals surface area contributed by atoms with Crippen LogP contribution in [0.5, 0.6) is 0 Å². The average Bonchev–Trinajstić information content (AvgIpc) is 2.79. The quantitative estimate of drug-likeness (QED) is 0.335. The molecule has 0 amide bonds. The molecule has 3 aromatic carbocycles. The van der Waals surface area contributed by atoms with E-state index in [0.29, 0.717) is 21.7 Å². The lowest BCUT2D eigenvalue weighted by Gasteiger charge is -2.38. The summed E-state index contributed by atoms with van der Waals surface area (Å²) < 4.78 is 28.6. The van der Waals surface area contributed by atoms with E-state index in [1.807, 2.05) is 42.5 Å². The molecule has 0 fully saturated rings. The van der Waals surface area contributed by atoms with Crippen molar-refractivity contribution < 1.29 is 8.42 Å². The first kappa shape index (κ1) is 22.3. The highest BCUT2D eigenvalue weighted by Gasteiger charge is 2.35. The maximum Gasteiger partial charge on any atom is 0.204 e. The van der Waals surface area contributed by atoms with Gasteiger partial charge in [-0.25, -0.2) is 8.42 Å². The molecule has 1 heterocycles. The average molecular weight is 561 g/mol. The largest absolute Gasteiger partial charge is 0.366 e. The Morgan fingerprint density at radius 3 is 2.23 bits per heavy atom. The summed E-state index contributed by atoms with van der Waals surface area (Å²) in [5.74, 6) is 0.0379. The molecule has 0 saturated heterocycles. The Kier molecular flexibility index (Phi) is 6.70. The fourth-order valence-electron chi connectivity index (χ4n) is 4.14. The van der Waals surface area contributed by atoms with Gasteiger partial charge in [-0.15, -0.1) is 0 Å². The van der Waals surface area contributed by atoms with Crippen LogP contribution in [0.15, 0.2) is 93.1 Å². The molecule has 4 rings (SSSR count). The van der Waals surface area contributed by atoms with Gasteiger partial charge in [0.15, 0.2) is 0 Å². The van der Waals surface area contributed by atoms with E-state index >= 15 is 0 Å². The Morgan fingerprint density at radius 1 is 0.935 bits per heavy atom. The summed E-state index contributed by atoms with van der Waals surface area (Å²) in [6, 6.07) is 24.9. The molecule has 0 radical (unpaired) electrons. The molecule has 3 nitrogen and oxygen atoms in total. The van der Waals surface area contributed by atoms with Gasteiger partial charge in [0.25, 0.3) is 0 Å². The Balaban J connectivity index is 1.92. The third-order valence-electron chi connectivity index (χ3n) is 5.66. The fraction of sp³-hybridized carbons (Fsp3) is 0.200. The number of alkyl halides is 1. The lowest BCUT2D eigenvalue weighted by Crippen LogP contribution is -2.40. The van der Waals surface area contributed by atoms with E-state index in [4.69, 9.17) is 0 Å². The van der Waals surface area contributed by atoms with Crippen LogP contribution in [0.1, 0.15) is 11.1 Å². The van der Waals surface area contributed by atoms with Gasteiger partial charge in [-0.3, -0.25) is 0 Å². The first-order valence-electron chi connectivity index (χ1n) is 10.1. The summed E-state index contributed by atoms with van der Waals surface area (Å²) in [6.45, 7) is 3.16. The molecule has 1 aliphatic heterocycles. The molecule has 160 valence electrons. The number of sulfone groups is 1. The number of halogens is 2. The van der Waals surface area contributed by atoms with E-state index in [1.54, 1.807) is 24.3 Å². The van der Waals surface area contributed by atoms with Crippen LogP contribution in [-0.2, 0) is 9.84 Å². The van der Waals surface area contributed by atoms with Crippen LogP contribution >= 0.6 is 31.9 Å². The van der Waals surface area contributed by atoms with Crippen molar-refractivity contribution in [2.75, 3.05) is 23.3 Å². The van der Waals surface area contributed by atoms with E-state index in [2.05, 4.69) is 55.8 Å². The van der Waals surface area contributed by atoms with Crippen molar-refractivity contribution >= 4 is 53.0 Å². The van der Waals surface area contributed by atoms with Gasteiger partial charge in [0.05, 0.1) is 16.3 Å². The van der Waals surface area contributed by atoms with E-state index in [0.717, 1.165) is 33.4 Å². The predicted molar refractivity (Wildman–Crippen MR) is 135 cm³/mol. The first-order valence-corrected chi connectivity index (χ1v) is 13.5. The van der Waals surface area contributed by atoms with Crippen LogP contribution in [0.2, 0.25) is 0 Å². The van der Waals surface area contributed by atoms with Crippen LogP contribution in [0.25, 0.3) is 5.57 Å². The Labute approximate surface area is 201 Å². The normalized spacial score (nSPS) is 17.1. The number of para-hydroxylation sites is 1. The zero-order valence-corrected chi connectivity index (χ0v) is 21.1. The van der Waals surface area contributed by atoms with Crippen molar-refractivity contribution in [2.45, 2.75) is 11.8 Å². The summed E-state index contributed by atoms with van der Waals surface area (Å²) in [7, 11) is -3.68. The van der Waals surface area contributed by atoms with Crippen molar-refractivity contribution in [2.24, 2.45) is 5.92 Å². The molecule has 6 heteroatoms. The summed E-state index contributed by atoms with van der Waals surface area (Å²) in [6.07, 6.45) is 0. The molecule has 0 aromatic heterocycles. The van der Waals surface area contributed by atoms with E-state index in [9.17, 15) is 8.42 Å². The van der Waals surface area contributed by atoms with Crippen molar-refractivity contribution in [1.29, 1.82) is 0 Å². The maximum absolute atomic E-state index is 13.9. The van der Waals surface area contributed by atoms with E-state index in [-0.39, 0.29) is 5.92 Å². The summed E-state index contributed by atoms with van der Waals surface area (Å²) >= 11 is 7.07. The zero-order valence-electron chi connectivity index (χ0n) is 17.1. The van der Waals surface area contributed by atoms with E-state index in [1.165, 1.54) is 0 Å². The Hall–Kier alpha value is -1.89.